The van der Waals surface area contributed by atoms with Gasteiger partial charge in [-0.1, -0.05) is 18.5 Å². The van der Waals surface area contributed by atoms with Crippen LogP contribution in [-0.4, -0.2) is 18.8 Å². The fourth-order valence-corrected chi connectivity index (χ4v) is 1.57. The number of phenols is 1. The molecule has 1 rings (SSSR count). The van der Waals surface area contributed by atoms with Crippen molar-refractivity contribution >= 4 is 11.6 Å². The summed E-state index contributed by atoms with van der Waals surface area (Å²) in [5.74, 6) is 0.618. The van der Waals surface area contributed by atoms with E-state index in [2.05, 4.69) is 0 Å². The fraction of sp³-hybridized carbons (Fsp3) is 0.400. The zero-order valence-electron chi connectivity index (χ0n) is 8.25. The first-order valence-corrected chi connectivity index (χ1v) is 4.74. The van der Waals surface area contributed by atoms with Gasteiger partial charge in [0.2, 0.25) is 0 Å². The number of benzene rings is 1. The van der Waals surface area contributed by atoms with Crippen LogP contribution in [-0.2, 0) is 0 Å². The highest BCUT2D eigenvalue weighted by Gasteiger charge is 2.12. The highest BCUT2D eigenvalue weighted by molar-refractivity contribution is 6.31. The summed E-state index contributed by atoms with van der Waals surface area (Å²) in [5.41, 5.74) is 6.43. The van der Waals surface area contributed by atoms with Crippen molar-refractivity contribution in [3.63, 3.8) is 0 Å². The van der Waals surface area contributed by atoms with E-state index in [-0.39, 0.29) is 11.7 Å². The molecule has 3 nitrogen and oxygen atoms in total. The number of methoxy groups -OCH3 is 1. The molecule has 4 heteroatoms. The number of hydrogen-bond acceptors (Lipinski definition) is 3. The van der Waals surface area contributed by atoms with Crippen molar-refractivity contribution in [2.24, 2.45) is 5.73 Å². The number of hydrogen-bond donors (Lipinski definition) is 2. The molecule has 1 atom stereocenters. The number of halogens is 1. The summed E-state index contributed by atoms with van der Waals surface area (Å²) in [7, 11) is 1.50. The number of nitrogens with two attached hydrogens (primary N) is 1. The predicted molar refractivity (Wildman–Crippen MR) is 57.1 cm³/mol. The Hall–Kier alpha value is -0.930. The third-order valence-electron chi connectivity index (χ3n) is 2.18. The third-order valence-corrected chi connectivity index (χ3v) is 2.51. The molecule has 0 fully saturated rings. The van der Waals surface area contributed by atoms with Gasteiger partial charge >= 0.3 is 0 Å². The second kappa shape index (κ2) is 4.53. The van der Waals surface area contributed by atoms with E-state index in [4.69, 9.17) is 22.1 Å². The zero-order valence-corrected chi connectivity index (χ0v) is 9.01. The normalized spacial score (nSPS) is 12.6. The lowest BCUT2D eigenvalue weighted by Crippen LogP contribution is -2.09. The average Bonchev–Trinajstić information content (AvgIpc) is 2.17. The molecule has 14 heavy (non-hydrogen) atoms. The van der Waals surface area contributed by atoms with Gasteiger partial charge in [-0.2, -0.15) is 0 Å². The van der Waals surface area contributed by atoms with Crippen LogP contribution < -0.4 is 10.5 Å². The van der Waals surface area contributed by atoms with Crippen LogP contribution in [0.5, 0.6) is 11.5 Å². The van der Waals surface area contributed by atoms with Crippen LogP contribution in [0.2, 0.25) is 5.02 Å². The summed E-state index contributed by atoms with van der Waals surface area (Å²) in [6.45, 7) is 2.48. The highest BCUT2D eigenvalue weighted by atomic mass is 35.5. The molecule has 0 aliphatic heterocycles. The average molecular weight is 216 g/mol. The first kappa shape index (κ1) is 11.1. The van der Waals surface area contributed by atoms with Gasteiger partial charge in [0, 0.05) is 11.1 Å². The Balaban J connectivity index is 3.17. The SMILES string of the molecule is COc1cc(C(C)CN)c(Cl)cc1O. The summed E-state index contributed by atoms with van der Waals surface area (Å²) in [5, 5.41) is 9.94. The Kier molecular flexibility index (Phi) is 3.61. The molecular weight excluding hydrogens is 202 g/mol. The van der Waals surface area contributed by atoms with Crippen molar-refractivity contribution in [1.82, 2.24) is 0 Å². The van der Waals surface area contributed by atoms with Crippen LogP contribution in [0.1, 0.15) is 18.4 Å². The van der Waals surface area contributed by atoms with Gasteiger partial charge in [-0.25, -0.2) is 0 Å². The smallest absolute Gasteiger partial charge is 0.160 e. The Morgan fingerprint density at radius 2 is 2.21 bits per heavy atom. The van der Waals surface area contributed by atoms with Crippen molar-refractivity contribution in [1.29, 1.82) is 0 Å². The summed E-state index contributed by atoms with van der Waals surface area (Å²) < 4.78 is 4.99. The first-order valence-electron chi connectivity index (χ1n) is 4.36. The topological polar surface area (TPSA) is 55.5 Å². The van der Waals surface area contributed by atoms with Gasteiger partial charge in [-0.3, -0.25) is 0 Å². The van der Waals surface area contributed by atoms with Crippen molar-refractivity contribution < 1.29 is 9.84 Å². The summed E-state index contributed by atoms with van der Waals surface area (Å²) in [4.78, 5) is 0. The van der Waals surface area contributed by atoms with Gasteiger partial charge in [-0.15, -0.1) is 0 Å². The number of phenolic OH excluding ortho intramolecular Hbond substituents is 1. The summed E-state index contributed by atoms with van der Waals surface area (Å²) in [6.07, 6.45) is 0. The van der Waals surface area contributed by atoms with E-state index < -0.39 is 0 Å². The number of rotatable bonds is 3. The predicted octanol–water partition coefficient (Wildman–Crippen LogP) is 2.12. The Bertz CT molecular complexity index is 328. The van der Waals surface area contributed by atoms with E-state index in [1.54, 1.807) is 6.07 Å². The van der Waals surface area contributed by atoms with Crippen LogP contribution in [0, 0.1) is 0 Å². The molecule has 0 amide bonds. The van der Waals surface area contributed by atoms with Crippen molar-refractivity contribution in [3.8, 4) is 11.5 Å². The lowest BCUT2D eigenvalue weighted by atomic mass is 10.0. The van der Waals surface area contributed by atoms with E-state index in [0.717, 1.165) is 5.56 Å². The molecule has 1 aromatic rings. The molecule has 0 heterocycles. The molecule has 1 unspecified atom stereocenters. The molecule has 0 aliphatic rings. The van der Waals surface area contributed by atoms with Crippen LogP contribution >= 0.6 is 11.6 Å². The van der Waals surface area contributed by atoms with Crippen LogP contribution in [0.15, 0.2) is 12.1 Å². The Morgan fingerprint density at radius 1 is 1.57 bits per heavy atom. The van der Waals surface area contributed by atoms with Crippen molar-refractivity contribution in [2.75, 3.05) is 13.7 Å². The minimum atomic E-state index is 0.0467. The molecule has 0 saturated carbocycles. The maximum absolute atomic E-state index is 9.43. The fourth-order valence-electron chi connectivity index (χ4n) is 1.23. The summed E-state index contributed by atoms with van der Waals surface area (Å²) in [6, 6.07) is 3.19. The van der Waals surface area contributed by atoms with Crippen LogP contribution in [0.25, 0.3) is 0 Å². The van der Waals surface area contributed by atoms with Gasteiger partial charge < -0.3 is 15.6 Å². The second-order valence-corrected chi connectivity index (χ2v) is 3.59. The van der Waals surface area contributed by atoms with E-state index in [1.165, 1.54) is 13.2 Å². The van der Waals surface area contributed by atoms with Gasteiger partial charge in [0.05, 0.1) is 7.11 Å². The van der Waals surface area contributed by atoms with Crippen molar-refractivity contribution in [2.45, 2.75) is 12.8 Å². The first-order chi connectivity index (χ1) is 6.60. The second-order valence-electron chi connectivity index (χ2n) is 3.18. The Morgan fingerprint density at radius 3 is 2.71 bits per heavy atom. The quantitative estimate of drug-likeness (QED) is 0.812. The molecule has 0 bridgehead atoms. The van der Waals surface area contributed by atoms with Gasteiger partial charge in [-0.05, 0) is 24.1 Å². The molecular formula is C10H14ClNO2. The van der Waals surface area contributed by atoms with Gasteiger partial charge in [0.25, 0.3) is 0 Å². The standard InChI is InChI=1S/C10H14ClNO2/c1-6(5-12)7-3-10(14-2)9(13)4-8(7)11/h3-4,6,13H,5,12H2,1-2H3. The van der Waals surface area contributed by atoms with E-state index in [0.29, 0.717) is 17.3 Å². The molecule has 0 saturated heterocycles. The van der Waals surface area contributed by atoms with Gasteiger partial charge in [0.1, 0.15) is 0 Å². The van der Waals surface area contributed by atoms with E-state index in [9.17, 15) is 5.11 Å². The molecule has 0 radical (unpaired) electrons. The van der Waals surface area contributed by atoms with Crippen LogP contribution in [0.4, 0.5) is 0 Å². The minimum Gasteiger partial charge on any atom is -0.504 e. The third kappa shape index (κ3) is 2.11. The van der Waals surface area contributed by atoms with E-state index >= 15 is 0 Å². The molecule has 0 spiro atoms. The maximum atomic E-state index is 9.43. The number of aromatic hydroxyl groups is 1. The molecule has 0 aromatic heterocycles. The largest absolute Gasteiger partial charge is 0.504 e. The van der Waals surface area contributed by atoms with Gasteiger partial charge in [0.15, 0.2) is 11.5 Å². The maximum Gasteiger partial charge on any atom is 0.160 e. The Labute approximate surface area is 88.4 Å². The molecule has 1 aromatic carbocycles. The number of ether oxygens (including phenoxy) is 1. The lowest BCUT2D eigenvalue weighted by Gasteiger charge is -2.13. The van der Waals surface area contributed by atoms with Crippen molar-refractivity contribution in [3.05, 3.63) is 22.7 Å². The zero-order chi connectivity index (χ0) is 10.7. The molecule has 78 valence electrons. The summed E-state index contributed by atoms with van der Waals surface area (Å²) >= 11 is 5.96. The van der Waals surface area contributed by atoms with E-state index in [1.807, 2.05) is 6.92 Å². The molecule has 3 N–H and O–H groups in total. The monoisotopic (exact) mass is 215 g/mol. The van der Waals surface area contributed by atoms with Crippen LogP contribution in [0.3, 0.4) is 0 Å². The lowest BCUT2D eigenvalue weighted by molar-refractivity contribution is 0.372. The highest BCUT2D eigenvalue weighted by Crippen LogP contribution is 2.35. The minimum absolute atomic E-state index is 0.0467. The molecule has 0 aliphatic carbocycles.